The first-order chi connectivity index (χ1) is 15.7. The van der Waals surface area contributed by atoms with E-state index in [1.165, 1.54) is 37.5 Å². The van der Waals surface area contributed by atoms with Crippen LogP contribution in [0.15, 0.2) is 23.1 Å². The van der Waals surface area contributed by atoms with Crippen LogP contribution in [0.4, 0.5) is 4.79 Å². The van der Waals surface area contributed by atoms with Crippen molar-refractivity contribution in [3.63, 3.8) is 0 Å². The largest absolute Gasteiger partial charge is 0.335 e. The van der Waals surface area contributed by atoms with E-state index in [1.54, 1.807) is 0 Å². The molecule has 33 heavy (non-hydrogen) atoms. The molecule has 0 spiro atoms. The van der Waals surface area contributed by atoms with Crippen LogP contribution in [0.3, 0.4) is 0 Å². The monoisotopic (exact) mass is 520 g/mol. The van der Waals surface area contributed by atoms with E-state index < -0.39 is 10.0 Å². The summed E-state index contributed by atoms with van der Waals surface area (Å²) in [7, 11) is -3.67. The fraction of sp³-hybridized carbons (Fsp3) is 0.696. The highest BCUT2D eigenvalue weighted by Crippen LogP contribution is 2.24. The van der Waals surface area contributed by atoms with Crippen molar-refractivity contribution in [2.45, 2.75) is 82.2 Å². The number of hydrogen-bond donors (Lipinski definition) is 4. The lowest BCUT2D eigenvalue weighted by molar-refractivity contribution is 0.226. The molecule has 0 heterocycles. The fourth-order valence-corrected chi connectivity index (χ4v) is 5.90. The van der Waals surface area contributed by atoms with Crippen molar-refractivity contribution < 1.29 is 13.2 Å². The van der Waals surface area contributed by atoms with Crippen LogP contribution < -0.4 is 20.7 Å². The molecule has 0 unspecified atom stereocenters. The van der Waals surface area contributed by atoms with Gasteiger partial charge in [-0.3, -0.25) is 0 Å². The predicted octanol–water partition coefficient (Wildman–Crippen LogP) is 4.69. The predicted molar refractivity (Wildman–Crippen MR) is 136 cm³/mol. The maximum atomic E-state index is 12.4. The van der Waals surface area contributed by atoms with E-state index in [-0.39, 0.29) is 28.0 Å². The lowest BCUT2D eigenvalue weighted by atomic mass is 9.96. The van der Waals surface area contributed by atoms with Crippen molar-refractivity contribution in [1.82, 2.24) is 20.7 Å². The maximum absolute atomic E-state index is 12.4. The first-order valence-corrected chi connectivity index (χ1v) is 14.1. The summed E-state index contributed by atoms with van der Waals surface area (Å²) in [4.78, 5) is 12.4. The third-order valence-electron chi connectivity index (χ3n) is 5.68. The van der Waals surface area contributed by atoms with Gasteiger partial charge in [-0.1, -0.05) is 56.3 Å². The summed E-state index contributed by atoms with van der Waals surface area (Å²) in [6.45, 7) is 6.03. The summed E-state index contributed by atoms with van der Waals surface area (Å²) >= 11 is 11.8. The van der Waals surface area contributed by atoms with Crippen molar-refractivity contribution in [2.24, 2.45) is 5.92 Å². The van der Waals surface area contributed by atoms with Crippen LogP contribution in [0, 0.1) is 5.92 Å². The molecule has 10 heteroatoms. The molecule has 1 aliphatic carbocycles. The zero-order valence-electron chi connectivity index (χ0n) is 19.6. The fourth-order valence-electron chi connectivity index (χ4n) is 4.05. The number of amides is 2. The minimum absolute atomic E-state index is 0.0285. The van der Waals surface area contributed by atoms with E-state index in [1.807, 2.05) is 0 Å². The first-order valence-electron chi connectivity index (χ1n) is 11.9. The van der Waals surface area contributed by atoms with Gasteiger partial charge >= 0.3 is 6.03 Å². The van der Waals surface area contributed by atoms with E-state index in [0.29, 0.717) is 30.5 Å². The molecule has 1 fully saturated rings. The molecule has 0 saturated heterocycles. The minimum Gasteiger partial charge on any atom is -0.335 e. The maximum Gasteiger partial charge on any atom is 0.315 e. The summed E-state index contributed by atoms with van der Waals surface area (Å²) in [6, 6.07) is 4.59. The van der Waals surface area contributed by atoms with Gasteiger partial charge in [-0.15, -0.1) is 0 Å². The number of unbranched alkanes of at least 4 members (excludes halogenated alkanes) is 1. The van der Waals surface area contributed by atoms with E-state index in [0.717, 1.165) is 32.2 Å². The molecule has 1 atom stereocenters. The van der Waals surface area contributed by atoms with E-state index in [4.69, 9.17) is 23.2 Å². The van der Waals surface area contributed by atoms with Gasteiger partial charge in [0.05, 0.1) is 5.02 Å². The van der Waals surface area contributed by atoms with Gasteiger partial charge in [-0.2, -0.15) is 0 Å². The summed E-state index contributed by atoms with van der Waals surface area (Å²) in [5.74, 6) is 0.473. The van der Waals surface area contributed by atoms with Gasteiger partial charge in [0.2, 0.25) is 10.0 Å². The summed E-state index contributed by atoms with van der Waals surface area (Å²) in [6.07, 6.45) is 8.14. The number of sulfonamides is 1. The van der Waals surface area contributed by atoms with E-state index in [2.05, 4.69) is 34.5 Å². The molecule has 2 rings (SSSR count). The Hall–Kier alpha value is -1.06. The van der Waals surface area contributed by atoms with Gasteiger partial charge in [-0.05, 0) is 62.8 Å². The van der Waals surface area contributed by atoms with Gasteiger partial charge in [0.1, 0.15) is 4.90 Å². The SMILES string of the molecule is CC(C)C[C@@H](CNCCCCNS(=O)(=O)c1ccc(Cl)cc1Cl)NC(=O)NC1CCCCC1. The average Bonchev–Trinajstić information content (AvgIpc) is 2.72. The molecule has 1 aromatic carbocycles. The molecule has 7 nitrogen and oxygen atoms in total. The van der Waals surface area contributed by atoms with Crippen LogP contribution in [0.2, 0.25) is 10.0 Å². The average molecular weight is 522 g/mol. The van der Waals surface area contributed by atoms with Crippen LogP contribution >= 0.6 is 23.2 Å². The standard InChI is InChI=1S/C23H38Cl2N4O3S/c1-17(2)14-20(29-23(30)28-19-8-4-3-5-9-19)16-26-12-6-7-13-27-33(31,32)22-11-10-18(24)15-21(22)25/h10-11,15,17,19-20,26-27H,3-9,12-14,16H2,1-2H3,(H2,28,29,30)/t20-/m0/s1. The Kier molecular flexibility index (Phi) is 12.3. The smallest absolute Gasteiger partial charge is 0.315 e. The summed E-state index contributed by atoms with van der Waals surface area (Å²) in [5, 5.41) is 10.1. The molecule has 2 amide bonds. The van der Waals surface area contributed by atoms with Gasteiger partial charge < -0.3 is 16.0 Å². The second-order valence-electron chi connectivity index (χ2n) is 9.16. The van der Waals surface area contributed by atoms with E-state index >= 15 is 0 Å². The Bertz CT molecular complexity index is 846. The van der Waals surface area contributed by atoms with Gasteiger partial charge in [0.15, 0.2) is 0 Å². The molecule has 1 aromatic rings. The highest BCUT2D eigenvalue weighted by molar-refractivity contribution is 7.89. The number of nitrogens with one attached hydrogen (secondary N) is 4. The Balaban J connectivity index is 1.66. The molecule has 1 saturated carbocycles. The molecule has 0 aromatic heterocycles. The van der Waals surface area contributed by atoms with Crippen molar-refractivity contribution in [2.75, 3.05) is 19.6 Å². The second kappa shape index (κ2) is 14.4. The molecule has 188 valence electrons. The van der Waals surface area contributed by atoms with Gasteiger partial charge in [0, 0.05) is 30.2 Å². The molecule has 0 aliphatic heterocycles. The highest BCUT2D eigenvalue weighted by Gasteiger charge is 2.19. The highest BCUT2D eigenvalue weighted by atomic mass is 35.5. The zero-order chi connectivity index (χ0) is 24.3. The van der Waals surface area contributed by atoms with Crippen LogP contribution in [-0.2, 0) is 10.0 Å². The summed E-state index contributed by atoms with van der Waals surface area (Å²) in [5.41, 5.74) is 0. The molecule has 4 N–H and O–H groups in total. The van der Waals surface area contributed by atoms with Crippen LogP contribution in [-0.4, -0.2) is 46.2 Å². The van der Waals surface area contributed by atoms with Crippen molar-refractivity contribution in [3.05, 3.63) is 28.2 Å². The van der Waals surface area contributed by atoms with Crippen LogP contribution in [0.1, 0.15) is 65.2 Å². The van der Waals surface area contributed by atoms with Gasteiger partial charge in [0.25, 0.3) is 0 Å². The lowest BCUT2D eigenvalue weighted by Gasteiger charge is -2.26. The quantitative estimate of drug-likeness (QED) is 0.283. The molecule has 0 radical (unpaired) electrons. The number of rotatable bonds is 13. The molecule has 1 aliphatic rings. The van der Waals surface area contributed by atoms with Gasteiger partial charge in [-0.25, -0.2) is 17.9 Å². The van der Waals surface area contributed by atoms with Crippen molar-refractivity contribution >= 4 is 39.3 Å². The Morgan fingerprint density at radius 2 is 1.79 bits per heavy atom. The second-order valence-corrected chi connectivity index (χ2v) is 11.7. The zero-order valence-corrected chi connectivity index (χ0v) is 22.0. The molecular weight excluding hydrogens is 483 g/mol. The van der Waals surface area contributed by atoms with Crippen molar-refractivity contribution in [1.29, 1.82) is 0 Å². The number of hydrogen-bond acceptors (Lipinski definition) is 4. The Morgan fingerprint density at radius 1 is 1.09 bits per heavy atom. The number of urea groups is 1. The molecular formula is C23H38Cl2N4O3S. The Labute approximate surface area is 208 Å². The number of carbonyl (C=O) groups is 1. The first kappa shape index (κ1) is 28.2. The van der Waals surface area contributed by atoms with Crippen molar-refractivity contribution in [3.8, 4) is 0 Å². The topological polar surface area (TPSA) is 99.3 Å². The number of carbonyl (C=O) groups excluding carboxylic acids is 1. The van der Waals surface area contributed by atoms with Crippen LogP contribution in [0.5, 0.6) is 0 Å². The molecule has 0 bridgehead atoms. The third kappa shape index (κ3) is 10.8. The lowest BCUT2D eigenvalue weighted by Crippen LogP contribution is -2.50. The normalized spacial score (nSPS) is 16.0. The number of benzene rings is 1. The minimum atomic E-state index is -3.67. The Morgan fingerprint density at radius 3 is 2.45 bits per heavy atom. The number of halogens is 2. The van der Waals surface area contributed by atoms with E-state index in [9.17, 15) is 13.2 Å². The summed E-state index contributed by atoms with van der Waals surface area (Å²) < 4.78 is 27.4. The third-order valence-corrected chi connectivity index (χ3v) is 7.86. The van der Waals surface area contributed by atoms with Crippen LogP contribution in [0.25, 0.3) is 0 Å².